The van der Waals surface area contributed by atoms with Crippen molar-refractivity contribution < 1.29 is 4.74 Å². The summed E-state index contributed by atoms with van der Waals surface area (Å²) in [6.07, 6.45) is 10.3. The lowest BCUT2D eigenvalue weighted by atomic mass is 9.96. The lowest BCUT2D eigenvalue weighted by Crippen LogP contribution is -2.27. The van der Waals surface area contributed by atoms with Crippen LogP contribution < -0.4 is 10.4 Å². The summed E-state index contributed by atoms with van der Waals surface area (Å²) in [6, 6.07) is 2.08. The molecule has 4 heteroatoms. The highest BCUT2D eigenvalue weighted by molar-refractivity contribution is 5.05. The molecule has 94 valence electrons. The van der Waals surface area contributed by atoms with Gasteiger partial charge in [0.2, 0.25) is 5.88 Å². The maximum absolute atomic E-state index is 11.9. The molecular weight excluding hydrogens is 216 g/mol. The van der Waals surface area contributed by atoms with Gasteiger partial charge in [0.25, 0.3) is 0 Å². The Kier molecular flexibility index (Phi) is 4.18. The number of ether oxygens (including phenoxy) is 1. The summed E-state index contributed by atoms with van der Waals surface area (Å²) >= 11 is 0. The second-order valence-electron chi connectivity index (χ2n) is 4.66. The molecule has 1 aliphatic carbocycles. The van der Waals surface area contributed by atoms with Gasteiger partial charge in [0.15, 0.2) is 0 Å². The Bertz CT molecular complexity index is 406. The van der Waals surface area contributed by atoms with Crippen molar-refractivity contribution in [2.24, 2.45) is 0 Å². The van der Waals surface area contributed by atoms with Crippen molar-refractivity contribution in [3.63, 3.8) is 0 Å². The molecule has 4 nitrogen and oxygen atoms in total. The molecule has 2 rings (SSSR count). The molecule has 1 aromatic rings. The van der Waals surface area contributed by atoms with E-state index in [0.29, 0.717) is 11.9 Å². The first-order valence-electron chi connectivity index (χ1n) is 6.44. The minimum Gasteiger partial charge on any atom is -0.481 e. The van der Waals surface area contributed by atoms with Gasteiger partial charge in [-0.2, -0.15) is 4.98 Å². The fourth-order valence-electron chi connectivity index (χ4n) is 2.50. The molecule has 17 heavy (non-hydrogen) atoms. The van der Waals surface area contributed by atoms with Crippen LogP contribution >= 0.6 is 0 Å². The summed E-state index contributed by atoms with van der Waals surface area (Å²) in [4.78, 5) is 15.8. The van der Waals surface area contributed by atoms with Crippen molar-refractivity contribution in [1.29, 1.82) is 0 Å². The van der Waals surface area contributed by atoms with Gasteiger partial charge in [0, 0.05) is 18.3 Å². The molecule has 0 radical (unpaired) electrons. The van der Waals surface area contributed by atoms with E-state index in [4.69, 9.17) is 4.74 Å². The van der Waals surface area contributed by atoms with Crippen LogP contribution in [0.3, 0.4) is 0 Å². The van der Waals surface area contributed by atoms with E-state index in [9.17, 15) is 4.79 Å². The van der Waals surface area contributed by atoms with Crippen LogP contribution in [0.1, 0.15) is 51.0 Å². The number of nitrogens with zero attached hydrogens (tertiary/aromatic N) is 2. The van der Waals surface area contributed by atoms with Crippen LogP contribution in [0.2, 0.25) is 0 Å². The molecule has 0 amide bonds. The van der Waals surface area contributed by atoms with E-state index in [-0.39, 0.29) is 5.69 Å². The smallest absolute Gasteiger partial charge is 0.351 e. The third kappa shape index (κ3) is 3.08. The molecule has 1 aliphatic rings. The second-order valence-corrected chi connectivity index (χ2v) is 4.66. The van der Waals surface area contributed by atoms with Crippen molar-refractivity contribution in [3.8, 4) is 5.88 Å². The monoisotopic (exact) mass is 236 g/mol. The Morgan fingerprint density at radius 3 is 2.47 bits per heavy atom. The van der Waals surface area contributed by atoms with E-state index < -0.39 is 0 Å². The number of rotatable bonds is 2. The predicted molar refractivity (Wildman–Crippen MR) is 66.4 cm³/mol. The van der Waals surface area contributed by atoms with Gasteiger partial charge in [-0.05, 0) is 12.8 Å². The predicted octanol–water partition coefficient (Wildman–Crippen LogP) is 2.54. The SMILES string of the molecule is COc1ccn(C2CCCCCCC2)c(=O)n1. The molecule has 0 bridgehead atoms. The van der Waals surface area contributed by atoms with Crippen LogP contribution in [0, 0.1) is 0 Å². The molecule has 1 saturated carbocycles. The van der Waals surface area contributed by atoms with Crippen molar-refractivity contribution in [2.45, 2.75) is 51.0 Å². The molecular formula is C13H20N2O2. The van der Waals surface area contributed by atoms with Gasteiger partial charge < -0.3 is 4.74 Å². The summed E-state index contributed by atoms with van der Waals surface area (Å²) < 4.78 is 6.73. The van der Waals surface area contributed by atoms with Gasteiger partial charge in [0.1, 0.15) is 0 Å². The summed E-state index contributed by atoms with van der Waals surface area (Å²) in [5.41, 5.74) is -0.185. The number of hydrogen-bond donors (Lipinski definition) is 0. The molecule has 0 unspecified atom stereocenters. The highest BCUT2D eigenvalue weighted by atomic mass is 16.5. The Hall–Kier alpha value is -1.32. The second kappa shape index (κ2) is 5.84. The topological polar surface area (TPSA) is 44.1 Å². The van der Waals surface area contributed by atoms with E-state index in [0.717, 1.165) is 12.8 Å². The first kappa shape index (κ1) is 12.1. The zero-order chi connectivity index (χ0) is 12.1. The molecule has 1 heterocycles. The maximum atomic E-state index is 11.9. The van der Waals surface area contributed by atoms with Crippen molar-refractivity contribution >= 4 is 0 Å². The van der Waals surface area contributed by atoms with E-state index in [2.05, 4.69) is 4.98 Å². The Labute approximate surface area is 102 Å². The quantitative estimate of drug-likeness (QED) is 0.792. The minimum absolute atomic E-state index is 0.185. The van der Waals surface area contributed by atoms with Crippen LogP contribution in [0.25, 0.3) is 0 Å². The average Bonchev–Trinajstić information content (AvgIpc) is 2.29. The largest absolute Gasteiger partial charge is 0.481 e. The Morgan fingerprint density at radius 1 is 1.24 bits per heavy atom. The normalized spacial score (nSPS) is 18.4. The van der Waals surface area contributed by atoms with Gasteiger partial charge in [-0.15, -0.1) is 0 Å². The molecule has 1 fully saturated rings. The van der Waals surface area contributed by atoms with Crippen molar-refractivity contribution in [2.75, 3.05) is 7.11 Å². The first-order valence-corrected chi connectivity index (χ1v) is 6.44. The highest BCUT2D eigenvalue weighted by Gasteiger charge is 2.14. The third-order valence-electron chi connectivity index (χ3n) is 3.48. The zero-order valence-corrected chi connectivity index (χ0v) is 10.4. The summed E-state index contributed by atoms with van der Waals surface area (Å²) in [7, 11) is 1.53. The molecule has 0 saturated heterocycles. The number of methoxy groups -OCH3 is 1. The highest BCUT2D eigenvalue weighted by Crippen LogP contribution is 2.25. The van der Waals surface area contributed by atoms with Crippen LogP contribution in [0.5, 0.6) is 5.88 Å². The van der Waals surface area contributed by atoms with E-state index in [1.54, 1.807) is 10.6 Å². The Balaban J connectivity index is 2.16. The molecule has 0 aliphatic heterocycles. The van der Waals surface area contributed by atoms with E-state index in [1.807, 2.05) is 6.20 Å². The van der Waals surface area contributed by atoms with Gasteiger partial charge in [-0.25, -0.2) is 4.79 Å². The summed E-state index contributed by atoms with van der Waals surface area (Å²) in [6.45, 7) is 0. The molecule has 0 atom stereocenters. The third-order valence-corrected chi connectivity index (χ3v) is 3.48. The fraction of sp³-hybridized carbons (Fsp3) is 0.692. The minimum atomic E-state index is -0.185. The lowest BCUT2D eigenvalue weighted by molar-refractivity contribution is 0.350. The van der Waals surface area contributed by atoms with Gasteiger partial charge in [-0.3, -0.25) is 4.57 Å². The molecule has 0 N–H and O–H groups in total. The van der Waals surface area contributed by atoms with E-state index in [1.165, 1.54) is 39.2 Å². The zero-order valence-electron chi connectivity index (χ0n) is 10.4. The standard InChI is InChI=1S/C13H20N2O2/c1-17-12-9-10-15(13(16)14-12)11-7-5-3-2-4-6-8-11/h9-11H,2-8H2,1H3. The van der Waals surface area contributed by atoms with E-state index >= 15 is 0 Å². The molecule has 1 aromatic heterocycles. The van der Waals surface area contributed by atoms with Gasteiger partial charge in [-0.1, -0.05) is 32.1 Å². The van der Waals surface area contributed by atoms with Crippen molar-refractivity contribution in [1.82, 2.24) is 9.55 Å². The molecule has 0 aromatic carbocycles. The van der Waals surface area contributed by atoms with Gasteiger partial charge >= 0.3 is 5.69 Å². The molecule has 0 spiro atoms. The van der Waals surface area contributed by atoms with Crippen LogP contribution in [-0.4, -0.2) is 16.7 Å². The van der Waals surface area contributed by atoms with Crippen molar-refractivity contribution in [3.05, 3.63) is 22.7 Å². The van der Waals surface area contributed by atoms with Crippen LogP contribution in [0.4, 0.5) is 0 Å². The summed E-state index contributed by atoms with van der Waals surface area (Å²) in [5, 5.41) is 0. The number of aromatic nitrogens is 2. The fourth-order valence-corrected chi connectivity index (χ4v) is 2.50. The first-order chi connectivity index (χ1) is 8.31. The Morgan fingerprint density at radius 2 is 1.88 bits per heavy atom. The average molecular weight is 236 g/mol. The van der Waals surface area contributed by atoms with Gasteiger partial charge in [0.05, 0.1) is 7.11 Å². The summed E-state index contributed by atoms with van der Waals surface area (Å²) in [5.74, 6) is 0.400. The van der Waals surface area contributed by atoms with Crippen LogP contribution in [-0.2, 0) is 0 Å². The number of hydrogen-bond acceptors (Lipinski definition) is 3. The van der Waals surface area contributed by atoms with Crippen LogP contribution in [0.15, 0.2) is 17.1 Å². The lowest BCUT2D eigenvalue weighted by Gasteiger charge is -2.21. The maximum Gasteiger partial charge on any atom is 0.351 e.